The molecule has 1 saturated heterocycles. The number of piperidine rings is 1. The Hall–Kier alpha value is -4.36. The molecule has 4 aromatic rings. The van der Waals surface area contributed by atoms with Gasteiger partial charge >= 0.3 is 0 Å². The quantitative estimate of drug-likeness (QED) is 0.203. The Morgan fingerprint density at radius 2 is 1.68 bits per heavy atom. The van der Waals surface area contributed by atoms with Crippen molar-refractivity contribution in [1.29, 1.82) is 0 Å². The molecule has 7 nitrogen and oxygen atoms in total. The summed E-state index contributed by atoms with van der Waals surface area (Å²) in [6.45, 7) is 3.56. The Balaban J connectivity index is 1.29. The first-order valence-corrected chi connectivity index (χ1v) is 12.5. The molecule has 0 radical (unpaired) electrons. The van der Waals surface area contributed by atoms with E-state index in [0.29, 0.717) is 0 Å². The minimum Gasteiger partial charge on any atom is -0.371 e. The van der Waals surface area contributed by atoms with Crippen molar-refractivity contribution in [3.05, 3.63) is 102 Å². The van der Waals surface area contributed by atoms with Gasteiger partial charge in [-0.05, 0) is 67.3 Å². The first kappa shape index (κ1) is 24.3. The van der Waals surface area contributed by atoms with E-state index >= 15 is 0 Å². The average Bonchev–Trinajstić information content (AvgIpc) is 3.36. The lowest BCUT2D eigenvalue weighted by Gasteiger charge is -2.35. The van der Waals surface area contributed by atoms with Gasteiger partial charge in [-0.15, -0.1) is 0 Å². The predicted molar refractivity (Wildman–Crippen MR) is 146 cm³/mol. The van der Waals surface area contributed by atoms with Crippen molar-refractivity contribution in [2.24, 2.45) is 0 Å². The molecule has 0 bridgehead atoms. The third-order valence-corrected chi connectivity index (χ3v) is 6.97. The monoisotopic (exact) mass is 494 g/mol. The molecular weight excluding hydrogens is 464 g/mol. The molecule has 3 aromatic carbocycles. The van der Waals surface area contributed by atoms with Crippen LogP contribution in [0.3, 0.4) is 0 Å². The van der Waals surface area contributed by atoms with Crippen molar-refractivity contribution in [1.82, 2.24) is 15.4 Å². The molecule has 7 heteroatoms. The van der Waals surface area contributed by atoms with Crippen molar-refractivity contribution >= 4 is 34.5 Å². The molecule has 0 unspecified atom stereocenters. The number of rotatable bonds is 6. The van der Waals surface area contributed by atoms with Gasteiger partial charge in [-0.1, -0.05) is 42.5 Å². The SMILES string of the molecule is Cc1ccc2c(ccn2-c2ccccc2)c1C(=O)NC1CCN(c2ccccc2/C=C/C(=O)NO)CC1. The average molecular weight is 495 g/mol. The van der Waals surface area contributed by atoms with Crippen LogP contribution in [0.4, 0.5) is 5.69 Å². The lowest BCUT2D eigenvalue weighted by molar-refractivity contribution is -0.124. The Bertz CT molecular complexity index is 1450. The lowest BCUT2D eigenvalue weighted by Crippen LogP contribution is -2.45. The van der Waals surface area contributed by atoms with Gasteiger partial charge in [0, 0.05) is 48.2 Å². The van der Waals surface area contributed by atoms with Gasteiger partial charge in [0.1, 0.15) is 0 Å². The van der Waals surface area contributed by atoms with E-state index in [-0.39, 0.29) is 11.9 Å². The number of para-hydroxylation sites is 2. The maximum Gasteiger partial charge on any atom is 0.267 e. The zero-order chi connectivity index (χ0) is 25.8. The highest BCUT2D eigenvalue weighted by Gasteiger charge is 2.24. The molecule has 2 amide bonds. The van der Waals surface area contributed by atoms with E-state index in [1.54, 1.807) is 11.6 Å². The van der Waals surface area contributed by atoms with Crippen LogP contribution < -0.4 is 15.7 Å². The van der Waals surface area contributed by atoms with E-state index in [1.165, 1.54) is 6.08 Å². The molecule has 5 rings (SSSR count). The standard InChI is InChI=1S/C30H30N4O3/c1-21-11-13-27-25(17-20-34(27)24-8-3-2-4-9-24)29(21)30(36)31-23-15-18-33(19-16-23)26-10-6-5-7-22(26)12-14-28(35)32-37/h2-14,17,20,23,37H,15-16,18-19H2,1H3,(H,31,36)(H,32,35)/b14-12+. The normalized spacial score (nSPS) is 14.3. The molecule has 3 N–H and O–H groups in total. The van der Waals surface area contributed by atoms with Crippen LogP contribution in [0.25, 0.3) is 22.7 Å². The number of amides is 2. The number of carbonyl (C=O) groups excluding carboxylic acids is 2. The van der Waals surface area contributed by atoms with Crippen LogP contribution in [-0.2, 0) is 4.79 Å². The molecule has 1 aromatic heterocycles. The number of hydrogen-bond acceptors (Lipinski definition) is 4. The van der Waals surface area contributed by atoms with E-state index in [9.17, 15) is 9.59 Å². The fourth-order valence-electron chi connectivity index (χ4n) is 5.08. The Kier molecular flexibility index (Phi) is 7.05. The summed E-state index contributed by atoms with van der Waals surface area (Å²) in [5.41, 5.74) is 7.30. The summed E-state index contributed by atoms with van der Waals surface area (Å²) < 4.78 is 2.11. The van der Waals surface area contributed by atoms with Crippen LogP contribution in [0, 0.1) is 6.92 Å². The molecule has 37 heavy (non-hydrogen) atoms. The van der Waals surface area contributed by atoms with Crippen LogP contribution in [-0.4, -0.2) is 40.7 Å². The maximum absolute atomic E-state index is 13.5. The van der Waals surface area contributed by atoms with Gasteiger partial charge in [0.2, 0.25) is 0 Å². The summed E-state index contributed by atoms with van der Waals surface area (Å²) in [5.74, 6) is -0.605. The summed E-state index contributed by atoms with van der Waals surface area (Å²) in [6, 6.07) is 24.2. The number of hydroxylamine groups is 1. The zero-order valence-electron chi connectivity index (χ0n) is 20.7. The molecule has 188 valence electrons. The largest absolute Gasteiger partial charge is 0.371 e. The maximum atomic E-state index is 13.5. The molecule has 0 atom stereocenters. The fourth-order valence-corrected chi connectivity index (χ4v) is 5.08. The van der Waals surface area contributed by atoms with Crippen LogP contribution >= 0.6 is 0 Å². The molecule has 0 saturated carbocycles. The first-order valence-electron chi connectivity index (χ1n) is 12.5. The molecule has 1 fully saturated rings. The minimum absolute atomic E-state index is 0.0364. The van der Waals surface area contributed by atoms with Gasteiger partial charge in [0.05, 0.1) is 11.1 Å². The summed E-state index contributed by atoms with van der Waals surface area (Å²) in [4.78, 5) is 27.2. The van der Waals surface area contributed by atoms with E-state index in [1.807, 2.05) is 67.7 Å². The highest BCUT2D eigenvalue weighted by atomic mass is 16.5. The third kappa shape index (κ3) is 5.13. The van der Waals surface area contributed by atoms with E-state index in [2.05, 4.69) is 33.0 Å². The highest BCUT2D eigenvalue weighted by molar-refractivity contribution is 6.08. The highest BCUT2D eigenvalue weighted by Crippen LogP contribution is 2.28. The van der Waals surface area contributed by atoms with Crippen LogP contribution in [0.2, 0.25) is 0 Å². The lowest BCUT2D eigenvalue weighted by atomic mass is 10.00. The topological polar surface area (TPSA) is 86.6 Å². The second-order valence-corrected chi connectivity index (χ2v) is 9.31. The van der Waals surface area contributed by atoms with Gasteiger partial charge < -0.3 is 14.8 Å². The summed E-state index contributed by atoms with van der Waals surface area (Å²) in [6.07, 6.45) is 6.66. The minimum atomic E-state index is -0.569. The number of fused-ring (bicyclic) bond motifs is 1. The van der Waals surface area contributed by atoms with E-state index < -0.39 is 5.91 Å². The molecule has 2 heterocycles. The second kappa shape index (κ2) is 10.7. The van der Waals surface area contributed by atoms with Gasteiger partial charge in [-0.3, -0.25) is 14.8 Å². The van der Waals surface area contributed by atoms with Crippen molar-refractivity contribution in [3.63, 3.8) is 0 Å². The van der Waals surface area contributed by atoms with Gasteiger partial charge in [0.25, 0.3) is 11.8 Å². The van der Waals surface area contributed by atoms with Crippen molar-refractivity contribution < 1.29 is 14.8 Å². The van der Waals surface area contributed by atoms with Crippen molar-refractivity contribution in [3.8, 4) is 5.69 Å². The number of anilines is 1. The summed E-state index contributed by atoms with van der Waals surface area (Å²) in [5, 5.41) is 13.0. The number of hydrogen-bond donors (Lipinski definition) is 3. The predicted octanol–water partition coefficient (Wildman–Crippen LogP) is 4.86. The number of aryl methyl sites for hydroxylation is 1. The summed E-state index contributed by atoms with van der Waals surface area (Å²) >= 11 is 0. The molecule has 0 aliphatic carbocycles. The van der Waals surface area contributed by atoms with E-state index in [0.717, 1.165) is 64.9 Å². The van der Waals surface area contributed by atoms with Crippen molar-refractivity contribution in [2.75, 3.05) is 18.0 Å². The van der Waals surface area contributed by atoms with Crippen LogP contribution in [0.5, 0.6) is 0 Å². The zero-order valence-corrected chi connectivity index (χ0v) is 20.7. The molecule has 1 aliphatic heterocycles. The van der Waals surface area contributed by atoms with Gasteiger partial charge in [-0.25, -0.2) is 5.48 Å². The number of nitrogens with one attached hydrogen (secondary N) is 2. The van der Waals surface area contributed by atoms with Gasteiger partial charge in [-0.2, -0.15) is 0 Å². The smallest absolute Gasteiger partial charge is 0.267 e. The number of benzene rings is 3. The number of carbonyl (C=O) groups is 2. The van der Waals surface area contributed by atoms with E-state index in [4.69, 9.17) is 5.21 Å². The Morgan fingerprint density at radius 1 is 0.946 bits per heavy atom. The molecule has 0 spiro atoms. The van der Waals surface area contributed by atoms with Crippen LogP contribution in [0.15, 0.2) is 85.1 Å². The summed E-state index contributed by atoms with van der Waals surface area (Å²) in [7, 11) is 0. The van der Waals surface area contributed by atoms with Gasteiger partial charge in [0.15, 0.2) is 0 Å². The van der Waals surface area contributed by atoms with Crippen LogP contribution in [0.1, 0.15) is 34.3 Å². The second-order valence-electron chi connectivity index (χ2n) is 9.31. The molecule has 1 aliphatic rings. The van der Waals surface area contributed by atoms with Crippen molar-refractivity contribution in [2.45, 2.75) is 25.8 Å². The fraction of sp³-hybridized carbons (Fsp3) is 0.200. The Labute approximate surface area is 216 Å². The number of nitrogens with zero attached hydrogens (tertiary/aromatic N) is 2. The number of aromatic nitrogens is 1. The third-order valence-electron chi connectivity index (χ3n) is 6.97. The first-order chi connectivity index (χ1) is 18.0. The molecular formula is C30H30N4O3. The Morgan fingerprint density at radius 3 is 2.43 bits per heavy atom.